The van der Waals surface area contributed by atoms with Gasteiger partial charge in [0, 0.05) is 31.2 Å². The molecule has 144 valence electrons. The minimum Gasteiger partial charge on any atom is -0.381 e. The molecule has 1 amide bonds. The zero-order valence-corrected chi connectivity index (χ0v) is 16.3. The molecule has 1 aliphatic heterocycles. The number of nitrogens with one attached hydrogen (secondary N) is 1. The van der Waals surface area contributed by atoms with Crippen LogP contribution in [0.5, 0.6) is 0 Å². The highest BCUT2D eigenvalue weighted by atomic mass is 16.5. The van der Waals surface area contributed by atoms with Crippen LogP contribution in [0.2, 0.25) is 0 Å². The maximum Gasteiger partial charge on any atom is 0.271 e. The maximum absolute atomic E-state index is 13.1. The van der Waals surface area contributed by atoms with Crippen molar-refractivity contribution in [1.29, 1.82) is 0 Å². The van der Waals surface area contributed by atoms with Gasteiger partial charge in [-0.2, -0.15) is 5.10 Å². The standard InChI is InChI=1S/C22H29N3O2/c1-3-16-7-9-17(10-8-16)18-14-19(24-23-18)21(26)25-13-5-12-22(15-25)11-4-6-20(22)27-2/h7-10,14,20H,3-6,11-13,15H2,1-2H3,(H,23,24)/t20-,22-/m1/s1. The number of methoxy groups -OCH3 is 1. The summed E-state index contributed by atoms with van der Waals surface area (Å²) in [5, 5.41) is 7.34. The van der Waals surface area contributed by atoms with E-state index in [1.807, 2.05) is 18.1 Å². The van der Waals surface area contributed by atoms with Crippen LogP contribution < -0.4 is 0 Å². The number of hydrogen-bond donors (Lipinski definition) is 1. The fourth-order valence-corrected chi connectivity index (χ4v) is 4.94. The van der Waals surface area contributed by atoms with E-state index in [0.717, 1.165) is 56.5 Å². The average Bonchev–Trinajstić information content (AvgIpc) is 3.35. The summed E-state index contributed by atoms with van der Waals surface area (Å²) in [7, 11) is 1.81. The van der Waals surface area contributed by atoms with E-state index in [1.54, 1.807) is 0 Å². The first kappa shape index (κ1) is 18.2. The van der Waals surface area contributed by atoms with Gasteiger partial charge in [0.05, 0.1) is 11.8 Å². The summed E-state index contributed by atoms with van der Waals surface area (Å²) in [6.07, 6.45) is 6.97. The average molecular weight is 367 g/mol. The third-order valence-electron chi connectivity index (χ3n) is 6.47. The summed E-state index contributed by atoms with van der Waals surface area (Å²) in [5.74, 6) is 0.0553. The van der Waals surface area contributed by atoms with Crippen molar-refractivity contribution in [2.45, 2.75) is 51.6 Å². The van der Waals surface area contributed by atoms with Crippen LogP contribution in [0.25, 0.3) is 11.3 Å². The van der Waals surface area contributed by atoms with Crippen molar-refractivity contribution in [1.82, 2.24) is 15.1 Å². The van der Waals surface area contributed by atoms with Crippen molar-refractivity contribution in [3.8, 4) is 11.3 Å². The van der Waals surface area contributed by atoms with E-state index < -0.39 is 0 Å². The number of aromatic nitrogens is 2. The van der Waals surface area contributed by atoms with Gasteiger partial charge in [-0.3, -0.25) is 9.89 Å². The Morgan fingerprint density at radius 1 is 1.30 bits per heavy atom. The van der Waals surface area contributed by atoms with Crippen molar-refractivity contribution in [3.63, 3.8) is 0 Å². The molecule has 5 heteroatoms. The molecule has 1 saturated heterocycles. The van der Waals surface area contributed by atoms with Crippen molar-refractivity contribution in [2.75, 3.05) is 20.2 Å². The van der Waals surface area contributed by atoms with Crippen LogP contribution in [0.4, 0.5) is 0 Å². The van der Waals surface area contributed by atoms with Gasteiger partial charge < -0.3 is 9.64 Å². The number of H-pyrrole nitrogens is 1. The molecule has 1 N–H and O–H groups in total. The van der Waals surface area contributed by atoms with Crippen LogP contribution in [0.3, 0.4) is 0 Å². The fourth-order valence-electron chi connectivity index (χ4n) is 4.94. The van der Waals surface area contributed by atoms with Gasteiger partial charge in [0.1, 0.15) is 5.69 Å². The molecule has 4 rings (SSSR count). The molecule has 2 aromatic rings. The molecule has 1 aromatic heterocycles. The second-order valence-corrected chi connectivity index (χ2v) is 8.03. The third-order valence-corrected chi connectivity index (χ3v) is 6.47. The predicted octanol–water partition coefficient (Wildman–Crippen LogP) is 4.06. The second kappa shape index (κ2) is 7.47. The normalized spacial score (nSPS) is 25.3. The Balaban J connectivity index is 1.50. The number of piperidine rings is 1. The number of likely N-dealkylation sites (tertiary alicyclic amines) is 1. The maximum atomic E-state index is 13.1. The molecule has 2 atom stereocenters. The lowest BCUT2D eigenvalue weighted by Crippen LogP contribution is -2.49. The SMILES string of the molecule is CCc1ccc(-c2cc(C(=O)N3CCC[C@]4(CCC[C@H]4OC)C3)[nH]n2)cc1. The zero-order chi connectivity index (χ0) is 18.9. The van der Waals surface area contributed by atoms with Gasteiger partial charge in [-0.15, -0.1) is 0 Å². The van der Waals surface area contributed by atoms with E-state index in [1.165, 1.54) is 12.0 Å². The van der Waals surface area contributed by atoms with Crippen LogP contribution >= 0.6 is 0 Å². The first-order valence-corrected chi connectivity index (χ1v) is 10.1. The number of carbonyl (C=O) groups is 1. The van der Waals surface area contributed by atoms with E-state index in [0.29, 0.717) is 5.69 Å². The van der Waals surface area contributed by atoms with Gasteiger partial charge in [-0.1, -0.05) is 37.6 Å². The van der Waals surface area contributed by atoms with E-state index in [2.05, 4.69) is 41.4 Å². The molecule has 0 unspecified atom stereocenters. The van der Waals surface area contributed by atoms with E-state index in [4.69, 9.17) is 4.74 Å². The van der Waals surface area contributed by atoms with Gasteiger partial charge >= 0.3 is 0 Å². The Hall–Kier alpha value is -2.14. The Labute approximate surface area is 161 Å². The second-order valence-electron chi connectivity index (χ2n) is 8.03. The minimum absolute atomic E-state index is 0.0553. The highest BCUT2D eigenvalue weighted by molar-refractivity contribution is 5.93. The number of rotatable bonds is 4. The number of amides is 1. The number of aryl methyl sites for hydroxylation is 1. The molecular formula is C22H29N3O2. The molecule has 0 radical (unpaired) electrons. The molecule has 1 aromatic carbocycles. The summed E-state index contributed by atoms with van der Waals surface area (Å²) in [5.41, 5.74) is 3.87. The van der Waals surface area contributed by atoms with Crippen LogP contribution in [0.15, 0.2) is 30.3 Å². The third kappa shape index (κ3) is 3.41. The Morgan fingerprint density at radius 2 is 2.07 bits per heavy atom. The number of aromatic amines is 1. The molecule has 1 aliphatic carbocycles. The van der Waals surface area contributed by atoms with Gasteiger partial charge in [0.25, 0.3) is 5.91 Å². The van der Waals surface area contributed by atoms with Gasteiger partial charge in [0.2, 0.25) is 0 Å². The van der Waals surface area contributed by atoms with Gasteiger partial charge in [-0.25, -0.2) is 0 Å². The lowest BCUT2D eigenvalue weighted by atomic mass is 9.76. The number of benzene rings is 1. The fraction of sp³-hybridized carbons (Fsp3) is 0.545. The zero-order valence-electron chi connectivity index (χ0n) is 16.3. The highest BCUT2D eigenvalue weighted by Crippen LogP contribution is 2.46. The molecule has 0 bridgehead atoms. The predicted molar refractivity (Wildman–Crippen MR) is 106 cm³/mol. The monoisotopic (exact) mass is 367 g/mol. The van der Waals surface area contributed by atoms with Crippen LogP contribution in [-0.4, -0.2) is 47.3 Å². The van der Waals surface area contributed by atoms with Crippen molar-refractivity contribution < 1.29 is 9.53 Å². The number of hydrogen-bond acceptors (Lipinski definition) is 3. The van der Waals surface area contributed by atoms with Gasteiger partial charge in [0.15, 0.2) is 0 Å². The lowest BCUT2D eigenvalue weighted by molar-refractivity contribution is -0.0296. The summed E-state index contributed by atoms with van der Waals surface area (Å²) in [6.45, 7) is 3.75. The van der Waals surface area contributed by atoms with Crippen LogP contribution in [0, 0.1) is 5.41 Å². The highest BCUT2D eigenvalue weighted by Gasteiger charge is 2.46. The topological polar surface area (TPSA) is 58.2 Å². The Kier molecular flexibility index (Phi) is 5.04. The van der Waals surface area contributed by atoms with E-state index >= 15 is 0 Å². The van der Waals surface area contributed by atoms with E-state index in [9.17, 15) is 4.79 Å². The summed E-state index contributed by atoms with van der Waals surface area (Å²) in [4.78, 5) is 15.1. The van der Waals surface area contributed by atoms with Crippen LogP contribution in [-0.2, 0) is 11.2 Å². The number of ether oxygens (including phenoxy) is 1. The van der Waals surface area contributed by atoms with Crippen molar-refractivity contribution in [3.05, 3.63) is 41.6 Å². The van der Waals surface area contributed by atoms with E-state index in [-0.39, 0.29) is 17.4 Å². The molecule has 2 heterocycles. The van der Waals surface area contributed by atoms with Crippen molar-refractivity contribution in [2.24, 2.45) is 5.41 Å². The van der Waals surface area contributed by atoms with Gasteiger partial charge in [-0.05, 0) is 43.7 Å². The minimum atomic E-state index is 0.0553. The summed E-state index contributed by atoms with van der Waals surface area (Å²) < 4.78 is 5.76. The summed E-state index contributed by atoms with van der Waals surface area (Å²) in [6, 6.07) is 10.3. The quantitative estimate of drug-likeness (QED) is 0.886. The molecule has 1 saturated carbocycles. The molecular weight excluding hydrogens is 338 g/mol. The Morgan fingerprint density at radius 3 is 2.81 bits per heavy atom. The van der Waals surface area contributed by atoms with Crippen LogP contribution in [0.1, 0.15) is 55.1 Å². The number of nitrogens with zero attached hydrogens (tertiary/aromatic N) is 2. The number of carbonyl (C=O) groups excluding carboxylic acids is 1. The largest absolute Gasteiger partial charge is 0.381 e. The smallest absolute Gasteiger partial charge is 0.271 e. The molecule has 1 spiro atoms. The first-order chi connectivity index (χ1) is 13.1. The Bertz CT molecular complexity index is 798. The summed E-state index contributed by atoms with van der Waals surface area (Å²) >= 11 is 0. The molecule has 5 nitrogen and oxygen atoms in total. The first-order valence-electron chi connectivity index (χ1n) is 10.1. The molecule has 27 heavy (non-hydrogen) atoms. The van der Waals surface area contributed by atoms with Crippen molar-refractivity contribution >= 4 is 5.91 Å². The molecule has 2 aliphatic rings. The lowest BCUT2D eigenvalue weighted by Gasteiger charge is -2.43. The molecule has 2 fully saturated rings.